The maximum atomic E-state index is 13.8. The molecular weight excluding hydrogens is 484 g/mol. The second-order valence-corrected chi connectivity index (χ2v) is 8.17. The van der Waals surface area contributed by atoms with Crippen LogP contribution in [0.2, 0.25) is 0 Å². The Morgan fingerprint density at radius 1 is 0.919 bits per heavy atom. The van der Waals surface area contributed by atoms with Crippen molar-refractivity contribution < 1.29 is 22.8 Å². The molecule has 3 heterocycles. The number of piperazine rings is 1. The molecule has 10 nitrogen and oxygen atoms in total. The third-order valence-corrected chi connectivity index (χ3v) is 5.70. The molecule has 4 aromatic rings. The van der Waals surface area contributed by atoms with Gasteiger partial charge in [0.2, 0.25) is 0 Å². The minimum Gasteiger partial charge on any atom is -0.399 e. The number of aromatic nitrogens is 3. The number of hydrogen-bond donors (Lipinski definition) is 2. The normalized spacial score (nSPS) is 13.4. The number of benzene rings is 2. The van der Waals surface area contributed by atoms with Gasteiger partial charge in [0.05, 0.1) is 17.6 Å². The summed E-state index contributed by atoms with van der Waals surface area (Å²) in [6, 6.07) is 14.9. The van der Waals surface area contributed by atoms with Gasteiger partial charge in [0, 0.05) is 31.7 Å². The summed E-state index contributed by atoms with van der Waals surface area (Å²) in [4.78, 5) is 33.2. The highest BCUT2D eigenvalue weighted by Crippen LogP contribution is 2.20. The molecule has 1 saturated heterocycles. The summed E-state index contributed by atoms with van der Waals surface area (Å²) in [6.45, 7) is 2.05. The highest BCUT2D eigenvalue weighted by Gasteiger charge is 2.23. The first-order valence-electron chi connectivity index (χ1n) is 11.4. The van der Waals surface area contributed by atoms with Crippen molar-refractivity contribution in [3.05, 3.63) is 89.9 Å². The lowest BCUT2D eigenvalue weighted by Gasteiger charge is -2.35. The fourth-order valence-corrected chi connectivity index (χ4v) is 3.82. The maximum absolute atomic E-state index is 13.8. The number of anilines is 4. The monoisotopic (exact) mass is 505 g/mol. The van der Waals surface area contributed by atoms with Crippen molar-refractivity contribution in [1.29, 1.82) is 0 Å². The molecule has 2 aromatic carbocycles. The average Bonchev–Trinajstić information content (AvgIpc) is 3.39. The van der Waals surface area contributed by atoms with Gasteiger partial charge in [-0.25, -0.2) is 13.8 Å². The fraction of sp³-hybridized carbons (Fsp3) is 0.160. The van der Waals surface area contributed by atoms with Crippen LogP contribution in [0.25, 0.3) is 0 Å². The minimum atomic E-state index is -0.645. The summed E-state index contributed by atoms with van der Waals surface area (Å²) >= 11 is 0. The zero-order chi connectivity index (χ0) is 25.8. The molecule has 0 radical (unpaired) electrons. The Labute approximate surface area is 209 Å². The van der Waals surface area contributed by atoms with Gasteiger partial charge >= 0.3 is 17.8 Å². The van der Waals surface area contributed by atoms with Gasteiger partial charge < -0.3 is 24.9 Å². The Balaban J connectivity index is 1.15. The van der Waals surface area contributed by atoms with Crippen LogP contribution >= 0.6 is 0 Å². The molecule has 0 saturated carbocycles. The molecule has 0 atom stereocenters. The van der Waals surface area contributed by atoms with Crippen molar-refractivity contribution in [3.63, 3.8) is 0 Å². The number of para-hydroxylation sites is 1. The molecule has 1 fully saturated rings. The number of halogens is 2. The smallest absolute Gasteiger partial charge is 0.320 e. The van der Waals surface area contributed by atoms with Gasteiger partial charge in [0.1, 0.15) is 17.5 Å². The molecule has 2 aromatic heterocycles. The third-order valence-electron chi connectivity index (χ3n) is 5.70. The Morgan fingerprint density at radius 3 is 2.46 bits per heavy atom. The molecular formula is C25H21F2N7O3. The van der Waals surface area contributed by atoms with Crippen LogP contribution < -0.4 is 15.5 Å². The van der Waals surface area contributed by atoms with E-state index in [0.29, 0.717) is 43.2 Å². The summed E-state index contributed by atoms with van der Waals surface area (Å²) in [5.74, 6) is -1.42. The molecule has 2 N–H and O–H groups in total. The summed E-state index contributed by atoms with van der Waals surface area (Å²) in [5, 5.41) is 12.6. The van der Waals surface area contributed by atoms with Crippen molar-refractivity contribution in [2.24, 2.45) is 0 Å². The van der Waals surface area contributed by atoms with E-state index in [1.807, 2.05) is 4.90 Å². The van der Waals surface area contributed by atoms with Gasteiger partial charge in [0.25, 0.3) is 5.91 Å². The van der Waals surface area contributed by atoms with Crippen LogP contribution in [0.4, 0.5) is 32.0 Å². The number of amides is 2. The lowest BCUT2D eigenvalue weighted by atomic mass is 10.1. The molecule has 0 spiro atoms. The van der Waals surface area contributed by atoms with Crippen molar-refractivity contribution >= 4 is 35.0 Å². The number of carbonyl (C=O) groups excluding carboxylic acids is 2. The predicted molar refractivity (Wildman–Crippen MR) is 131 cm³/mol. The number of pyridine rings is 1. The molecule has 1 aliphatic heterocycles. The molecule has 5 rings (SSSR count). The molecule has 188 valence electrons. The first-order valence-corrected chi connectivity index (χ1v) is 11.4. The van der Waals surface area contributed by atoms with E-state index < -0.39 is 17.5 Å². The molecule has 2 amide bonds. The van der Waals surface area contributed by atoms with Crippen LogP contribution in [-0.2, 0) is 0 Å². The van der Waals surface area contributed by atoms with Gasteiger partial charge in [-0.1, -0.05) is 23.3 Å². The standard InChI is InChI=1S/C25H21F2N7O3/c26-17-5-3-4-16(14-17)24(36)34-12-10-33(11-13-34)21-9-8-18(15-28-21)29-22(35)23-31-32-25(37-23)30-20-7-2-1-6-19(20)27/h1-9,14-15H,10-13H2,(H,29,35)(H,30,32). The van der Waals surface area contributed by atoms with Crippen molar-refractivity contribution in [3.8, 4) is 0 Å². The summed E-state index contributed by atoms with van der Waals surface area (Å²) < 4.78 is 32.5. The number of rotatable bonds is 6. The molecule has 37 heavy (non-hydrogen) atoms. The van der Waals surface area contributed by atoms with Crippen LogP contribution in [0.3, 0.4) is 0 Å². The molecule has 1 aliphatic rings. The Kier molecular flexibility index (Phi) is 6.70. The maximum Gasteiger partial charge on any atom is 0.320 e. The average molecular weight is 505 g/mol. The first-order chi connectivity index (χ1) is 18.0. The largest absolute Gasteiger partial charge is 0.399 e. The topological polar surface area (TPSA) is 116 Å². The number of carbonyl (C=O) groups is 2. The zero-order valence-corrected chi connectivity index (χ0v) is 19.4. The number of nitrogens with one attached hydrogen (secondary N) is 2. The predicted octanol–water partition coefficient (Wildman–Crippen LogP) is 3.70. The van der Waals surface area contributed by atoms with E-state index in [4.69, 9.17) is 4.42 Å². The number of nitrogens with zero attached hydrogens (tertiary/aromatic N) is 5. The van der Waals surface area contributed by atoms with Crippen molar-refractivity contribution in [1.82, 2.24) is 20.1 Å². The van der Waals surface area contributed by atoms with E-state index in [1.165, 1.54) is 36.5 Å². The minimum absolute atomic E-state index is 0.126. The second kappa shape index (κ2) is 10.4. The van der Waals surface area contributed by atoms with Crippen LogP contribution in [0.5, 0.6) is 0 Å². The summed E-state index contributed by atoms with van der Waals surface area (Å²) in [5.41, 5.74) is 0.871. The molecule has 0 unspecified atom stereocenters. The third kappa shape index (κ3) is 5.53. The van der Waals surface area contributed by atoms with Crippen molar-refractivity contribution in [2.75, 3.05) is 41.7 Å². The van der Waals surface area contributed by atoms with E-state index in [2.05, 4.69) is 25.8 Å². The lowest BCUT2D eigenvalue weighted by Crippen LogP contribution is -2.49. The quantitative estimate of drug-likeness (QED) is 0.408. The van der Waals surface area contributed by atoms with E-state index in [9.17, 15) is 18.4 Å². The van der Waals surface area contributed by atoms with Crippen LogP contribution in [0.1, 0.15) is 21.0 Å². The van der Waals surface area contributed by atoms with Gasteiger partial charge in [-0.15, -0.1) is 5.10 Å². The van der Waals surface area contributed by atoms with E-state index in [-0.39, 0.29) is 23.5 Å². The van der Waals surface area contributed by atoms with Gasteiger partial charge in [-0.2, -0.15) is 0 Å². The van der Waals surface area contributed by atoms with Gasteiger partial charge in [0.15, 0.2) is 0 Å². The van der Waals surface area contributed by atoms with E-state index in [0.717, 1.165) is 0 Å². The lowest BCUT2D eigenvalue weighted by molar-refractivity contribution is 0.0746. The molecule has 0 aliphatic carbocycles. The highest BCUT2D eigenvalue weighted by molar-refractivity contribution is 6.00. The highest BCUT2D eigenvalue weighted by atomic mass is 19.1. The van der Waals surface area contributed by atoms with E-state index in [1.54, 1.807) is 35.2 Å². The molecule has 12 heteroatoms. The second-order valence-electron chi connectivity index (χ2n) is 8.17. The fourth-order valence-electron chi connectivity index (χ4n) is 3.82. The SMILES string of the molecule is O=C(Nc1ccc(N2CCN(C(=O)c3cccc(F)c3)CC2)nc1)c1nnc(Nc2ccccc2F)o1. The van der Waals surface area contributed by atoms with Gasteiger partial charge in [-0.05, 0) is 42.5 Å². The number of hydrogen-bond acceptors (Lipinski definition) is 8. The van der Waals surface area contributed by atoms with Crippen LogP contribution in [-0.4, -0.2) is 58.1 Å². The van der Waals surface area contributed by atoms with Crippen LogP contribution in [0.15, 0.2) is 71.3 Å². The van der Waals surface area contributed by atoms with Crippen LogP contribution in [0, 0.1) is 11.6 Å². The van der Waals surface area contributed by atoms with Gasteiger partial charge in [-0.3, -0.25) is 9.59 Å². The zero-order valence-electron chi connectivity index (χ0n) is 19.4. The van der Waals surface area contributed by atoms with Crippen molar-refractivity contribution in [2.45, 2.75) is 0 Å². The molecule has 0 bridgehead atoms. The van der Waals surface area contributed by atoms with E-state index >= 15 is 0 Å². The Bertz CT molecular complexity index is 1420. The summed E-state index contributed by atoms with van der Waals surface area (Å²) in [7, 11) is 0. The Morgan fingerprint density at radius 2 is 1.73 bits per heavy atom. The first kappa shape index (κ1) is 23.9. The Hall–Kier alpha value is -4.87. The summed E-state index contributed by atoms with van der Waals surface area (Å²) in [6.07, 6.45) is 1.49.